The van der Waals surface area contributed by atoms with Crippen LogP contribution in [0.3, 0.4) is 0 Å². The highest BCUT2D eigenvalue weighted by Crippen LogP contribution is 2.39. The molecule has 2 aromatic rings. The van der Waals surface area contributed by atoms with Gasteiger partial charge in [0.15, 0.2) is 11.5 Å². The second kappa shape index (κ2) is 7.95. The standard InChI is InChI=1S/C21H20INO3/c1-4-10-26-20-17(22)12-14(13-19(20)25-3)11-16-15-8-6-7-9-18(15)23(5-2)21(16)24/h4,6-9,11-13H,1,5,10H2,2-3H3/b16-11-. The predicted octanol–water partition coefficient (Wildman–Crippen LogP) is 4.77. The van der Waals surface area contributed by atoms with E-state index in [1.54, 1.807) is 18.1 Å². The lowest BCUT2D eigenvalue weighted by Gasteiger charge is -2.13. The van der Waals surface area contributed by atoms with Crippen molar-refractivity contribution in [3.63, 3.8) is 0 Å². The number of methoxy groups -OCH3 is 1. The molecule has 26 heavy (non-hydrogen) atoms. The van der Waals surface area contributed by atoms with Gasteiger partial charge in [0.1, 0.15) is 6.61 Å². The molecule has 4 nitrogen and oxygen atoms in total. The Bertz CT molecular complexity index is 889. The number of carbonyl (C=O) groups excluding carboxylic acids is 1. The number of para-hydroxylation sites is 1. The molecule has 3 rings (SSSR count). The van der Waals surface area contributed by atoms with Crippen molar-refractivity contribution in [2.45, 2.75) is 6.92 Å². The number of benzene rings is 2. The molecule has 0 unspecified atom stereocenters. The maximum absolute atomic E-state index is 12.8. The fourth-order valence-corrected chi connectivity index (χ4v) is 3.81. The lowest BCUT2D eigenvalue weighted by Crippen LogP contribution is -2.25. The molecule has 5 heteroatoms. The molecule has 1 aliphatic rings. The number of rotatable bonds is 6. The van der Waals surface area contributed by atoms with E-state index >= 15 is 0 Å². The zero-order valence-electron chi connectivity index (χ0n) is 14.8. The predicted molar refractivity (Wildman–Crippen MR) is 114 cm³/mol. The van der Waals surface area contributed by atoms with E-state index in [1.807, 2.05) is 49.4 Å². The third-order valence-electron chi connectivity index (χ3n) is 4.19. The van der Waals surface area contributed by atoms with Crippen molar-refractivity contribution in [3.05, 3.63) is 63.8 Å². The van der Waals surface area contributed by atoms with Crippen LogP contribution in [0.2, 0.25) is 0 Å². The number of ether oxygens (including phenoxy) is 2. The molecule has 0 saturated heterocycles. The fourth-order valence-electron chi connectivity index (χ4n) is 3.03. The van der Waals surface area contributed by atoms with E-state index in [1.165, 1.54) is 0 Å². The molecule has 0 aliphatic carbocycles. The third-order valence-corrected chi connectivity index (χ3v) is 4.99. The summed E-state index contributed by atoms with van der Waals surface area (Å²) in [6.45, 7) is 6.70. The molecule has 0 spiro atoms. The van der Waals surface area contributed by atoms with Crippen molar-refractivity contribution in [1.82, 2.24) is 0 Å². The van der Waals surface area contributed by atoms with Gasteiger partial charge in [0, 0.05) is 17.7 Å². The van der Waals surface area contributed by atoms with Crippen LogP contribution in [0, 0.1) is 3.57 Å². The average Bonchev–Trinajstić information content (AvgIpc) is 2.91. The third kappa shape index (κ3) is 3.35. The number of nitrogens with zero attached hydrogens (tertiary/aromatic N) is 1. The molecule has 134 valence electrons. The minimum Gasteiger partial charge on any atom is -0.493 e. The van der Waals surface area contributed by atoms with E-state index in [4.69, 9.17) is 9.47 Å². The minimum atomic E-state index is 0.0228. The van der Waals surface area contributed by atoms with Gasteiger partial charge in [-0.1, -0.05) is 30.9 Å². The van der Waals surface area contributed by atoms with Crippen LogP contribution >= 0.6 is 22.6 Å². The molecule has 0 aromatic heterocycles. The van der Waals surface area contributed by atoms with Crippen LogP contribution in [-0.2, 0) is 4.79 Å². The number of carbonyl (C=O) groups is 1. The van der Waals surface area contributed by atoms with Gasteiger partial charge >= 0.3 is 0 Å². The highest BCUT2D eigenvalue weighted by Gasteiger charge is 2.30. The van der Waals surface area contributed by atoms with Gasteiger partial charge in [0.2, 0.25) is 0 Å². The quantitative estimate of drug-likeness (QED) is 0.354. The first-order chi connectivity index (χ1) is 12.6. The van der Waals surface area contributed by atoms with E-state index in [0.29, 0.717) is 30.2 Å². The van der Waals surface area contributed by atoms with Gasteiger partial charge in [-0.2, -0.15) is 0 Å². The first-order valence-corrected chi connectivity index (χ1v) is 9.42. The Morgan fingerprint density at radius 1 is 1.27 bits per heavy atom. The summed E-state index contributed by atoms with van der Waals surface area (Å²) in [5.41, 5.74) is 3.51. The van der Waals surface area contributed by atoms with Crippen molar-refractivity contribution < 1.29 is 14.3 Å². The van der Waals surface area contributed by atoms with Gasteiger partial charge in [-0.3, -0.25) is 4.79 Å². The maximum atomic E-state index is 12.8. The molecule has 0 atom stereocenters. The summed E-state index contributed by atoms with van der Waals surface area (Å²) in [6.07, 6.45) is 3.61. The summed E-state index contributed by atoms with van der Waals surface area (Å²) in [6, 6.07) is 11.7. The zero-order valence-corrected chi connectivity index (χ0v) is 16.9. The zero-order chi connectivity index (χ0) is 18.7. The number of amides is 1. The summed E-state index contributed by atoms with van der Waals surface area (Å²) < 4.78 is 12.1. The van der Waals surface area contributed by atoms with Crippen molar-refractivity contribution >= 4 is 45.8 Å². The molecule has 1 amide bonds. The summed E-state index contributed by atoms with van der Waals surface area (Å²) in [4.78, 5) is 14.6. The first kappa shape index (κ1) is 18.5. The number of hydrogen-bond acceptors (Lipinski definition) is 3. The Balaban J connectivity index is 2.06. The molecular formula is C21H20INO3. The normalized spacial score (nSPS) is 14.5. The van der Waals surface area contributed by atoms with E-state index in [0.717, 1.165) is 20.4 Å². The molecule has 1 aliphatic heterocycles. The van der Waals surface area contributed by atoms with E-state index in [2.05, 4.69) is 29.2 Å². The molecule has 0 radical (unpaired) electrons. The van der Waals surface area contributed by atoms with Crippen molar-refractivity contribution in [2.24, 2.45) is 0 Å². The molecule has 0 fully saturated rings. The topological polar surface area (TPSA) is 38.8 Å². The van der Waals surface area contributed by atoms with Crippen LogP contribution < -0.4 is 14.4 Å². The Labute approximate surface area is 167 Å². The van der Waals surface area contributed by atoms with E-state index in [9.17, 15) is 4.79 Å². The summed E-state index contributed by atoms with van der Waals surface area (Å²) >= 11 is 2.21. The van der Waals surface area contributed by atoms with Crippen LogP contribution in [0.15, 0.2) is 49.1 Å². The maximum Gasteiger partial charge on any atom is 0.258 e. The van der Waals surface area contributed by atoms with Crippen LogP contribution in [0.5, 0.6) is 11.5 Å². The van der Waals surface area contributed by atoms with E-state index in [-0.39, 0.29) is 5.91 Å². The van der Waals surface area contributed by atoms with Gasteiger partial charge in [0.25, 0.3) is 5.91 Å². The molecule has 1 heterocycles. The molecule has 0 N–H and O–H groups in total. The number of halogens is 1. The van der Waals surface area contributed by atoms with Gasteiger partial charge in [0.05, 0.1) is 16.4 Å². The minimum absolute atomic E-state index is 0.0228. The van der Waals surface area contributed by atoms with Crippen molar-refractivity contribution in [2.75, 3.05) is 25.2 Å². The fraction of sp³-hybridized carbons (Fsp3) is 0.190. The van der Waals surface area contributed by atoms with Gasteiger partial charge in [-0.15, -0.1) is 0 Å². The number of hydrogen-bond donors (Lipinski definition) is 0. The van der Waals surface area contributed by atoms with Crippen molar-refractivity contribution in [1.29, 1.82) is 0 Å². The lowest BCUT2D eigenvalue weighted by molar-refractivity contribution is -0.112. The Hall–Kier alpha value is -2.28. The number of likely N-dealkylation sites (N-methyl/N-ethyl adjacent to an activating group) is 1. The van der Waals surface area contributed by atoms with Crippen LogP contribution in [0.25, 0.3) is 11.6 Å². The SMILES string of the molecule is C=CCOc1c(I)cc(/C=C2\C(=O)N(CC)c3ccccc32)cc1OC. The van der Waals surface area contributed by atoms with Gasteiger partial charge < -0.3 is 14.4 Å². The molecule has 2 aromatic carbocycles. The van der Waals surface area contributed by atoms with Crippen LogP contribution in [0.1, 0.15) is 18.1 Å². The van der Waals surface area contributed by atoms with Crippen molar-refractivity contribution in [3.8, 4) is 11.5 Å². The van der Waals surface area contributed by atoms with E-state index < -0.39 is 0 Å². The highest BCUT2D eigenvalue weighted by molar-refractivity contribution is 14.1. The Kier molecular flexibility index (Phi) is 5.66. The highest BCUT2D eigenvalue weighted by atomic mass is 127. The Morgan fingerprint density at radius 2 is 2.04 bits per heavy atom. The van der Waals surface area contributed by atoms with Crippen LogP contribution in [0.4, 0.5) is 5.69 Å². The average molecular weight is 461 g/mol. The molecular weight excluding hydrogens is 441 g/mol. The van der Waals surface area contributed by atoms with Gasteiger partial charge in [-0.05, 0) is 59.4 Å². The number of fused-ring (bicyclic) bond motifs is 1. The lowest BCUT2D eigenvalue weighted by atomic mass is 10.0. The molecule has 0 saturated carbocycles. The monoisotopic (exact) mass is 461 g/mol. The first-order valence-electron chi connectivity index (χ1n) is 8.34. The largest absolute Gasteiger partial charge is 0.493 e. The van der Waals surface area contributed by atoms with Crippen LogP contribution in [-0.4, -0.2) is 26.2 Å². The second-order valence-corrected chi connectivity index (χ2v) is 6.92. The summed E-state index contributed by atoms with van der Waals surface area (Å²) in [7, 11) is 1.61. The summed E-state index contributed by atoms with van der Waals surface area (Å²) in [5.74, 6) is 1.34. The second-order valence-electron chi connectivity index (χ2n) is 5.76. The summed E-state index contributed by atoms with van der Waals surface area (Å²) in [5, 5.41) is 0. The smallest absolute Gasteiger partial charge is 0.258 e. The molecule has 0 bridgehead atoms. The number of anilines is 1. The van der Waals surface area contributed by atoms with Gasteiger partial charge in [-0.25, -0.2) is 0 Å². The Morgan fingerprint density at radius 3 is 2.73 bits per heavy atom.